The molecule has 0 fully saturated rings. The van der Waals surface area contributed by atoms with Crippen LogP contribution in [0.25, 0.3) is 0 Å². The summed E-state index contributed by atoms with van der Waals surface area (Å²) in [5.41, 5.74) is 0. The highest BCUT2D eigenvalue weighted by Crippen LogP contribution is 2.38. The third-order valence-electron chi connectivity index (χ3n) is 14.0. The van der Waals surface area contributed by atoms with Gasteiger partial charge < -0.3 is 28.5 Å². The van der Waals surface area contributed by atoms with E-state index in [1.807, 2.05) is 33.3 Å². The standard InChI is InChI=1S/C64H121N2O7P/c1-7-10-13-16-19-22-25-27-29-30-31-32-33-34-35-36-37-39-42-45-48-51-54-57-64(68)73-62(55-52-49-46-43-40-24-21-18-15-12-9-3)61(60-72-74(69,70)71-59-58-66(4,5)6)65-63(67)56-53-50-47-44-41-38-28-26-23-20-17-14-11-8-2/h11,14,20,23,28,38,52,55,61-62H,7-10,12-13,15-19,21-22,24-27,29-37,39-51,53-54,56-60H2,1-6H3,(H-,65,67,69,70)/b14-11+,23-20+,38-28+,55-52-. The van der Waals surface area contributed by atoms with Crippen molar-refractivity contribution < 1.29 is 37.3 Å². The minimum Gasteiger partial charge on any atom is -0.756 e. The van der Waals surface area contributed by atoms with Crippen LogP contribution in [0.1, 0.15) is 297 Å². The fraction of sp³-hybridized carbons (Fsp3) is 0.844. The van der Waals surface area contributed by atoms with E-state index in [1.165, 1.54) is 173 Å². The lowest BCUT2D eigenvalue weighted by Crippen LogP contribution is -2.47. The summed E-state index contributed by atoms with van der Waals surface area (Å²) in [6.07, 6.45) is 66.7. The zero-order chi connectivity index (χ0) is 54.3. The summed E-state index contributed by atoms with van der Waals surface area (Å²) in [5, 5.41) is 3.01. The van der Waals surface area contributed by atoms with Crippen LogP contribution in [0, 0.1) is 0 Å². The summed E-state index contributed by atoms with van der Waals surface area (Å²) in [7, 11) is 1.18. The summed E-state index contributed by atoms with van der Waals surface area (Å²) in [6.45, 7) is 6.73. The van der Waals surface area contributed by atoms with E-state index in [0.29, 0.717) is 23.9 Å². The Hall–Kier alpha value is -2.03. The first kappa shape index (κ1) is 72.0. The van der Waals surface area contributed by atoms with Crippen molar-refractivity contribution >= 4 is 19.7 Å². The van der Waals surface area contributed by atoms with Gasteiger partial charge in [0.05, 0.1) is 33.8 Å². The lowest BCUT2D eigenvalue weighted by atomic mass is 10.0. The molecule has 1 amide bonds. The molecule has 0 saturated heterocycles. The van der Waals surface area contributed by atoms with Gasteiger partial charge in [0.25, 0.3) is 7.82 Å². The second-order valence-electron chi connectivity index (χ2n) is 22.5. The number of esters is 1. The number of nitrogens with one attached hydrogen (secondary N) is 1. The predicted molar refractivity (Wildman–Crippen MR) is 316 cm³/mol. The Bertz CT molecular complexity index is 1410. The Morgan fingerprint density at radius 3 is 1.30 bits per heavy atom. The second-order valence-corrected chi connectivity index (χ2v) is 23.9. The van der Waals surface area contributed by atoms with Crippen molar-refractivity contribution in [1.29, 1.82) is 0 Å². The van der Waals surface area contributed by atoms with Gasteiger partial charge in [0, 0.05) is 12.8 Å². The third kappa shape index (κ3) is 54.7. The van der Waals surface area contributed by atoms with E-state index in [2.05, 4.69) is 62.5 Å². The number of amides is 1. The number of nitrogens with zero attached hydrogens (tertiary/aromatic N) is 1. The topological polar surface area (TPSA) is 114 Å². The van der Waals surface area contributed by atoms with Crippen molar-refractivity contribution in [3.05, 3.63) is 48.6 Å². The van der Waals surface area contributed by atoms with Gasteiger partial charge in [-0.05, 0) is 63.9 Å². The highest BCUT2D eigenvalue weighted by Gasteiger charge is 2.27. The molecule has 0 heterocycles. The van der Waals surface area contributed by atoms with Gasteiger partial charge in [-0.1, -0.05) is 269 Å². The molecule has 434 valence electrons. The van der Waals surface area contributed by atoms with Crippen molar-refractivity contribution in [3.8, 4) is 0 Å². The van der Waals surface area contributed by atoms with E-state index >= 15 is 0 Å². The molecule has 0 spiro atoms. The molecule has 1 N–H and O–H groups in total. The maximum atomic E-state index is 13.5. The number of phosphoric acid groups is 1. The van der Waals surface area contributed by atoms with Crippen LogP contribution in [0.15, 0.2) is 48.6 Å². The van der Waals surface area contributed by atoms with Crippen molar-refractivity contribution in [2.24, 2.45) is 0 Å². The van der Waals surface area contributed by atoms with E-state index in [-0.39, 0.29) is 24.9 Å². The number of ether oxygens (including phenoxy) is 1. The third-order valence-corrected chi connectivity index (χ3v) is 15.0. The van der Waals surface area contributed by atoms with Crippen molar-refractivity contribution in [3.63, 3.8) is 0 Å². The monoisotopic (exact) mass is 1060 g/mol. The van der Waals surface area contributed by atoms with Crippen molar-refractivity contribution in [1.82, 2.24) is 5.32 Å². The molecule has 0 aromatic carbocycles. The summed E-state index contributed by atoms with van der Waals surface area (Å²) >= 11 is 0. The van der Waals surface area contributed by atoms with Crippen LogP contribution >= 0.6 is 7.82 Å². The van der Waals surface area contributed by atoms with E-state index in [4.69, 9.17) is 13.8 Å². The van der Waals surface area contributed by atoms with Crippen LogP contribution in [0.5, 0.6) is 0 Å². The first-order valence-electron chi connectivity index (χ1n) is 31.4. The number of unbranched alkanes of at least 4 members (excludes halogenated alkanes) is 35. The van der Waals surface area contributed by atoms with E-state index in [0.717, 1.165) is 83.5 Å². The molecular formula is C64H121N2O7P. The Morgan fingerprint density at radius 2 is 0.865 bits per heavy atom. The number of quaternary nitrogens is 1. The van der Waals surface area contributed by atoms with Crippen LogP contribution in [0.2, 0.25) is 0 Å². The van der Waals surface area contributed by atoms with Gasteiger partial charge in [0.1, 0.15) is 19.3 Å². The Kier molecular flexibility index (Phi) is 52.8. The number of phosphoric ester groups is 1. The van der Waals surface area contributed by atoms with Crippen LogP contribution in [-0.4, -0.2) is 69.4 Å². The highest BCUT2D eigenvalue weighted by molar-refractivity contribution is 7.45. The summed E-state index contributed by atoms with van der Waals surface area (Å²) in [5.74, 6) is -0.557. The summed E-state index contributed by atoms with van der Waals surface area (Å²) < 4.78 is 30.3. The van der Waals surface area contributed by atoms with Gasteiger partial charge in [0.2, 0.25) is 5.91 Å². The van der Waals surface area contributed by atoms with Crippen molar-refractivity contribution in [2.75, 3.05) is 40.9 Å². The molecule has 0 aliphatic rings. The number of hydrogen-bond donors (Lipinski definition) is 1. The zero-order valence-corrected chi connectivity index (χ0v) is 50.4. The normalized spacial score (nSPS) is 14.0. The average Bonchev–Trinajstić information content (AvgIpc) is 3.36. The molecule has 0 aliphatic heterocycles. The lowest BCUT2D eigenvalue weighted by Gasteiger charge is -2.30. The zero-order valence-electron chi connectivity index (χ0n) is 49.6. The molecule has 74 heavy (non-hydrogen) atoms. The lowest BCUT2D eigenvalue weighted by molar-refractivity contribution is -0.870. The predicted octanol–water partition coefficient (Wildman–Crippen LogP) is 18.6. The fourth-order valence-corrected chi connectivity index (χ4v) is 9.91. The van der Waals surface area contributed by atoms with Gasteiger partial charge in [-0.15, -0.1) is 0 Å². The molecular weight excluding hydrogens is 940 g/mol. The number of rotatable bonds is 57. The second kappa shape index (κ2) is 54.3. The Labute approximate surface area is 458 Å². The van der Waals surface area contributed by atoms with Gasteiger partial charge in [-0.3, -0.25) is 14.2 Å². The molecule has 0 saturated carbocycles. The van der Waals surface area contributed by atoms with Crippen LogP contribution in [0.4, 0.5) is 0 Å². The molecule has 3 unspecified atom stereocenters. The van der Waals surface area contributed by atoms with Crippen LogP contribution in [0.3, 0.4) is 0 Å². The molecule has 3 atom stereocenters. The van der Waals surface area contributed by atoms with E-state index in [1.54, 1.807) is 0 Å². The minimum absolute atomic E-state index is 0.0261. The molecule has 0 rings (SSSR count). The largest absolute Gasteiger partial charge is 0.756 e. The maximum Gasteiger partial charge on any atom is 0.306 e. The van der Waals surface area contributed by atoms with Gasteiger partial charge >= 0.3 is 5.97 Å². The molecule has 0 bridgehead atoms. The van der Waals surface area contributed by atoms with Gasteiger partial charge in [-0.25, -0.2) is 0 Å². The number of hydrogen-bond acceptors (Lipinski definition) is 7. The highest BCUT2D eigenvalue weighted by atomic mass is 31.2. The SMILES string of the molecule is CC/C=C/C/C=C/C/C=C/CCCCCCC(=O)NC(COP(=O)([O-])OCC[N+](C)(C)C)C(/C=C\CCCCCCCCCCC)OC(=O)CCCCCCCCCCCCCCCCCCCCCCCCC. The average molecular weight is 1060 g/mol. The van der Waals surface area contributed by atoms with Gasteiger partial charge in [0.15, 0.2) is 0 Å². The molecule has 0 aliphatic carbocycles. The molecule has 0 aromatic heterocycles. The van der Waals surface area contributed by atoms with Gasteiger partial charge in [-0.2, -0.15) is 0 Å². The summed E-state index contributed by atoms with van der Waals surface area (Å²) in [4.78, 5) is 39.9. The number of allylic oxidation sites excluding steroid dienone is 7. The fourth-order valence-electron chi connectivity index (χ4n) is 9.19. The minimum atomic E-state index is -4.70. The molecule has 0 aromatic rings. The Morgan fingerprint density at radius 1 is 0.486 bits per heavy atom. The van der Waals surface area contributed by atoms with Crippen molar-refractivity contribution in [2.45, 2.75) is 309 Å². The smallest absolute Gasteiger partial charge is 0.306 e. The number of carbonyl (C=O) groups is 2. The quantitative estimate of drug-likeness (QED) is 0.0212. The summed E-state index contributed by atoms with van der Waals surface area (Å²) in [6, 6.07) is -0.897. The van der Waals surface area contributed by atoms with E-state index < -0.39 is 26.6 Å². The number of carbonyl (C=O) groups excluding carboxylic acids is 2. The Balaban J connectivity index is 5.11. The maximum absolute atomic E-state index is 13.5. The number of likely N-dealkylation sites (N-methyl/N-ethyl adjacent to an activating group) is 1. The molecule has 9 nitrogen and oxygen atoms in total. The first-order valence-corrected chi connectivity index (χ1v) is 32.9. The van der Waals surface area contributed by atoms with Crippen LogP contribution < -0.4 is 10.2 Å². The molecule has 10 heteroatoms. The first-order chi connectivity index (χ1) is 35.9. The van der Waals surface area contributed by atoms with E-state index in [9.17, 15) is 19.0 Å². The van der Waals surface area contributed by atoms with Crippen LogP contribution in [-0.2, 0) is 27.9 Å². The molecule has 0 radical (unpaired) electrons.